The molecule has 0 radical (unpaired) electrons. The average Bonchev–Trinajstić information content (AvgIpc) is 3.17. The topological polar surface area (TPSA) is 44.4 Å². The van der Waals surface area contributed by atoms with E-state index in [2.05, 4.69) is 36.6 Å². The number of nitrogens with one attached hydrogen (secondary N) is 2. The van der Waals surface area contributed by atoms with Gasteiger partial charge in [-0.05, 0) is 96.1 Å². The summed E-state index contributed by atoms with van der Waals surface area (Å²) in [7, 11) is 4.37. The largest absolute Gasteiger partial charge is 0.352 e. The van der Waals surface area contributed by atoms with Crippen molar-refractivity contribution in [3.63, 3.8) is 0 Å². The Labute approximate surface area is 187 Å². The molecule has 0 aromatic rings. The Kier molecular flexibility index (Phi) is 7.31. The molecule has 1 amide bonds. The SMILES string of the molecule is CC1CCC(F)C2CC(C(=O)NC3CC(Cl)CC(C4CCC(N(C)C)CC4)C3)NC12. The van der Waals surface area contributed by atoms with Gasteiger partial charge < -0.3 is 15.5 Å². The molecule has 3 aliphatic carbocycles. The third-order valence-electron chi connectivity index (χ3n) is 8.83. The van der Waals surface area contributed by atoms with E-state index in [1.165, 1.54) is 25.7 Å². The maximum Gasteiger partial charge on any atom is 0.237 e. The summed E-state index contributed by atoms with van der Waals surface area (Å²) < 4.78 is 14.4. The molecular weight excluding hydrogens is 401 g/mol. The number of halogens is 2. The highest BCUT2D eigenvalue weighted by atomic mass is 35.5. The molecule has 8 atom stereocenters. The number of carbonyl (C=O) groups is 1. The zero-order valence-corrected chi connectivity index (χ0v) is 19.7. The number of carbonyl (C=O) groups excluding carboxylic acids is 1. The van der Waals surface area contributed by atoms with E-state index in [1.807, 2.05) is 0 Å². The van der Waals surface area contributed by atoms with Gasteiger partial charge in [0.1, 0.15) is 6.17 Å². The minimum Gasteiger partial charge on any atom is -0.352 e. The standard InChI is InChI=1S/C24H41ClFN3O/c1-14-4-9-21(26)20-13-22(28-23(14)20)24(30)27-18-11-16(10-17(25)12-18)15-5-7-19(8-6-15)29(2)3/h14-23,28H,4-13H2,1-3H3,(H,27,30). The van der Waals surface area contributed by atoms with Crippen molar-refractivity contribution in [2.45, 2.75) is 107 Å². The predicted octanol–water partition coefficient (Wildman–Crippen LogP) is 4.11. The highest BCUT2D eigenvalue weighted by Crippen LogP contribution is 2.41. The smallest absolute Gasteiger partial charge is 0.237 e. The minimum atomic E-state index is -0.764. The van der Waals surface area contributed by atoms with Crippen molar-refractivity contribution in [2.24, 2.45) is 23.7 Å². The zero-order valence-electron chi connectivity index (χ0n) is 19.0. The third kappa shape index (κ3) is 4.99. The van der Waals surface area contributed by atoms with Crippen LogP contribution in [0.15, 0.2) is 0 Å². The zero-order chi connectivity index (χ0) is 21.4. The number of nitrogens with zero attached hydrogens (tertiary/aromatic N) is 1. The molecule has 3 saturated carbocycles. The van der Waals surface area contributed by atoms with Crippen molar-refractivity contribution < 1.29 is 9.18 Å². The van der Waals surface area contributed by atoms with Crippen LogP contribution in [0.2, 0.25) is 0 Å². The van der Waals surface area contributed by atoms with Gasteiger partial charge >= 0.3 is 0 Å². The Morgan fingerprint density at radius 2 is 1.73 bits per heavy atom. The van der Waals surface area contributed by atoms with Crippen molar-refractivity contribution in [3.05, 3.63) is 0 Å². The summed E-state index contributed by atoms with van der Waals surface area (Å²) in [6.45, 7) is 2.19. The van der Waals surface area contributed by atoms with Crippen LogP contribution in [0.1, 0.15) is 71.1 Å². The quantitative estimate of drug-likeness (QED) is 0.645. The van der Waals surface area contributed by atoms with E-state index in [1.54, 1.807) is 0 Å². The Balaban J connectivity index is 1.30. The molecular formula is C24H41ClFN3O. The number of alkyl halides is 2. The van der Waals surface area contributed by atoms with Crippen LogP contribution in [0.25, 0.3) is 0 Å². The van der Waals surface area contributed by atoms with Gasteiger partial charge in [0.05, 0.1) is 6.04 Å². The summed E-state index contributed by atoms with van der Waals surface area (Å²) in [5, 5.41) is 6.93. The molecule has 0 spiro atoms. The second-order valence-corrected chi connectivity index (χ2v) is 11.6. The number of fused-ring (bicyclic) bond motifs is 1. The van der Waals surface area contributed by atoms with Crippen molar-refractivity contribution in [3.8, 4) is 0 Å². The number of hydrogen-bond donors (Lipinski definition) is 2. The number of hydrogen-bond acceptors (Lipinski definition) is 3. The summed E-state index contributed by atoms with van der Waals surface area (Å²) in [6.07, 6.45) is 9.53. The molecule has 0 aromatic heterocycles. The lowest BCUT2D eigenvalue weighted by Gasteiger charge is -2.41. The van der Waals surface area contributed by atoms with Gasteiger partial charge in [0.25, 0.3) is 0 Å². The third-order valence-corrected chi connectivity index (χ3v) is 9.18. The molecule has 4 aliphatic rings. The van der Waals surface area contributed by atoms with E-state index >= 15 is 0 Å². The Bertz CT molecular complexity index is 579. The number of amides is 1. The van der Waals surface area contributed by atoms with Crippen LogP contribution in [-0.2, 0) is 4.79 Å². The summed E-state index contributed by atoms with van der Waals surface area (Å²) >= 11 is 6.66. The summed E-state index contributed by atoms with van der Waals surface area (Å²) in [6, 6.07) is 0.777. The maximum absolute atomic E-state index is 14.4. The van der Waals surface area contributed by atoms with Crippen LogP contribution in [0.3, 0.4) is 0 Å². The molecule has 4 fully saturated rings. The second-order valence-electron chi connectivity index (χ2n) is 11.0. The summed E-state index contributed by atoms with van der Waals surface area (Å²) in [4.78, 5) is 15.4. The maximum atomic E-state index is 14.4. The summed E-state index contributed by atoms with van der Waals surface area (Å²) in [5.74, 6) is 1.86. The second kappa shape index (κ2) is 9.62. The lowest BCUT2D eigenvalue weighted by atomic mass is 9.71. The minimum absolute atomic E-state index is 0.00346. The lowest BCUT2D eigenvalue weighted by Crippen LogP contribution is -2.50. The van der Waals surface area contributed by atoms with Crippen LogP contribution in [-0.4, -0.2) is 60.6 Å². The molecule has 172 valence electrons. The fourth-order valence-electron chi connectivity index (χ4n) is 6.99. The summed E-state index contributed by atoms with van der Waals surface area (Å²) in [5.41, 5.74) is 0. The first-order valence-electron chi connectivity index (χ1n) is 12.3. The Morgan fingerprint density at radius 1 is 1.00 bits per heavy atom. The molecule has 0 aromatic carbocycles. The van der Waals surface area contributed by atoms with Gasteiger partial charge in [0, 0.05) is 29.4 Å². The van der Waals surface area contributed by atoms with Crippen molar-refractivity contribution >= 4 is 17.5 Å². The molecule has 1 heterocycles. The first-order valence-corrected chi connectivity index (χ1v) is 12.8. The van der Waals surface area contributed by atoms with E-state index in [-0.39, 0.29) is 35.3 Å². The van der Waals surface area contributed by atoms with E-state index < -0.39 is 6.17 Å². The van der Waals surface area contributed by atoms with Crippen LogP contribution in [0.4, 0.5) is 4.39 Å². The van der Waals surface area contributed by atoms with Gasteiger partial charge in [-0.3, -0.25) is 4.79 Å². The highest BCUT2D eigenvalue weighted by molar-refractivity contribution is 6.20. The highest BCUT2D eigenvalue weighted by Gasteiger charge is 2.46. The van der Waals surface area contributed by atoms with Gasteiger partial charge in [0.15, 0.2) is 0 Å². The molecule has 2 N–H and O–H groups in total. The van der Waals surface area contributed by atoms with Gasteiger partial charge in [-0.25, -0.2) is 4.39 Å². The fourth-order valence-corrected chi connectivity index (χ4v) is 7.43. The van der Waals surface area contributed by atoms with Gasteiger partial charge in [-0.15, -0.1) is 11.6 Å². The number of rotatable bonds is 4. The molecule has 4 nitrogen and oxygen atoms in total. The van der Waals surface area contributed by atoms with Gasteiger partial charge in [-0.1, -0.05) is 6.92 Å². The molecule has 4 rings (SSSR count). The Hall–Kier alpha value is -0.390. The molecule has 8 unspecified atom stereocenters. The average molecular weight is 442 g/mol. The van der Waals surface area contributed by atoms with Crippen molar-refractivity contribution in [2.75, 3.05) is 14.1 Å². The molecule has 6 heteroatoms. The molecule has 1 saturated heterocycles. The van der Waals surface area contributed by atoms with Crippen molar-refractivity contribution in [1.82, 2.24) is 15.5 Å². The van der Waals surface area contributed by atoms with Gasteiger partial charge in [0.2, 0.25) is 5.91 Å². The lowest BCUT2D eigenvalue weighted by molar-refractivity contribution is -0.124. The van der Waals surface area contributed by atoms with E-state index in [4.69, 9.17) is 11.6 Å². The Morgan fingerprint density at radius 3 is 2.40 bits per heavy atom. The first kappa shape index (κ1) is 22.8. The van der Waals surface area contributed by atoms with Crippen LogP contribution in [0, 0.1) is 23.7 Å². The fraction of sp³-hybridized carbons (Fsp3) is 0.958. The predicted molar refractivity (Wildman–Crippen MR) is 120 cm³/mol. The van der Waals surface area contributed by atoms with Crippen LogP contribution in [0.5, 0.6) is 0 Å². The molecule has 0 bridgehead atoms. The van der Waals surface area contributed by atoms with Crippen LogP contribution >= 0.6 is 11.6 Å². The monoisotopic (exact) mass is 441 g/mol. The van der Waals surface area contributed by atoms with E-state index in [0.29, 0.717) is 30.7 Å². The van der Waals surface area contributed by atoms with Crippen molar-refractivity contribution in [1.29, 1.82) is 0 Å². The van der Waals surface area contributed by atoms with E-state index in [9.17, 15) is 9.18 Å². The van der Waals surface area contributed by atoms with Crippen LogP contribution < -0.4 is 10.6 Å². The van der Waals surface area contributed by atoms with E-state index in [0.717, 1.165) is 31.6 Å². The molecule has 30 heavy (non-hydrogen) atoms. The normalized spacial score (nSPS) is 47.1. The van der Waals surface area contributed by atoms with Gasteiger partial charge in [-0.2, -0.15) is 0 Å². The first-order chi connectivity index (χ1) is 14.3. The molecule has 1 aliphatic heterocycles.